The Morgan fingerprint density at radius 2 is 1.72 bits per heavy atom. The van der Waals surface area contributed by atoms with Gasteiger partial charge in [-0.25, -0.2) is 13.2 Å². The highest BCUT2D eigenvalue weighted by Gasteiger charge is 2.34. The van der Waals surface area contributed by atoms with Gasteiger partial charge in [0.2, 0.25) is 0 Å². The van der Waals surface area contributed by atoms with Crippen molar-refractivity contribution in [3.8, 4) is 0 Å². The van der Waals surface area contributed by atoms with Gasteiger partial charge in [0.25, 0.3) is 0 Å². The van der Waals surface area contributed by atoms with Gasteiger partial charge in [-0.15, -0.1) is 0 Å². The summed E-state index contributed by atoms with van der Waals surface area (Å²) in [7, 11) is 0. The van der Waals surface area contributed by atoms with Crippen molar-refractivity contribution in [1.82, 2.24) is 4.90 Å². The Kier molecular flexibility index (Phi) is 2.93. The highest BCUT2D eigenvalue weighted by molar-refractivity contribution is 5.47. The molecule has 18 heavy (non-hydrogen) atoms. The molecular weight excluding hydrogens is 241 g/mol. The van der Waals surface area contributed by atoms with Crippen LogP contribution in [0.5, 0.6) is 0 Å². The van der Waals surface area contributed by atoms with Crippen molar-refractivity contribution < 1.29 is 13.2 Å². The number of benzene rings is 1. The Hall–Kier alpha value is -1.23. The van der Waals surface area contributed by atoms with Crippen LogP contribution in [0.25, 0.3) is 0 Å². The largest absolute Gasteiger partial charge is 0.376 e. The molecule has 1 saturated heterocycles. The summed E-state index contributed by atoms with van der Waals surface area (Å²) in [5, 5.41) is 2.86. The Balaban J connectivity index is 1.69. The number of hydrogen-bond acceptors (Lipinski definition) is 2. The summed E-state index contributed by atoms with van der Waals surface area (Å²) in [6.45, 7) is 1.77. The van der Waals surface area contributed by atoms with Crippen LogP contribution in [-0.4, -0.2) is 30.1 Å². The molecule has 1 aliphatic heterocycles. The molecule has 1 heterocycles. The minimum absolute atomic E-state index is 0.0417. The smallest absolute Gasteiger partial charge is 0.152 e. The number of nitrogens with one attached hydrogen (secondary N) is 1. The first-order valence-electron chi connectivity index (χ1n) is 6.28. The zero-order valence-corrected chi connectivity index (χ0v) is 9.93. The number of rotatable bonds is 3. The SMILES string of the molecule is Fc1cc(F)c(NC2CCN(C3CC3)C2)c(F)c1. The molecular formula is C13H15F3N2. The predicted molar refractivity (Wildman–Crippen MR) is 62.9 cm³/mol. The number of nitrogens with zero attached hydrogens (tertiary/aromatic N) is 1. The first kappa shape index (κ1) is 11.8. The highest BCUT2D eigenvalue weighted by atomic mass is 19.1. The van der Waals surface area contributed by atoms with Gasteiger partial charge in [0.1, 0.15) is 11.5 Å². The van der Waals surface area contributed by atoms with E-state index in [1.54, 1.807) is 0 Å². The average Bonchev–Trinajstić information content (AvgIpc) is 3.04. The van der Waals surface area contributed by atoms with Crippen LogP contribution in [-0.2, 0) is 0 Å². The second-order valence-corrected chi connectivity index (χ2v) is 5.10. The van der Waals surface area contributed by atoms with Gasteiger partial charge in [-0.1, -0.05) is 0 Å². The summed E-state index contributed by atoms with van der Waals surface area (Å²) < 4.78 is 39.7. The van der Waals surface area contributed by atoms with E-state index in [2.05, 4.69) is 10.2 Å². The van der Waals surface area contributed by atoms with Crippen molar-refractivity contribution in [2.24, 2.45) is 0 Å². The van der Waals surface area contributed by atoms with E-state index in [0.717, 1.165) is 19.5 Å². The summed E-state index contributed by atoms with van der Waals surface area (Å²) in [5.74, 6) is -2.61. The zero-order chi connectivity index (χ0) is 12.7. The van der Waals surface area contributed by atoms with Crippen molar-refractivity contribution in [3.05, 3.63) is 29.6 Å². The van der Waals surface area contributed by atoms with Crippen molar-refractivity contribution in [3.63, 3.8) is 0 Å². The molecule has 0 amide bonds. The van der Waals surface area contributed by atoms with Crippen LogP contribution in [0.2, 0.25) is 0 Å². The summed E-state index contributed by atoms with van der Waals surface area (Å²) in [4.78, 5) is 2.34. The highest BCUT2D eigenvalue weighted by Crippen LogP contribution is 2.31. The van der Waals surface area contributed by atoms with Gasteiger partial charge in [-0.2, -0.15) is 0 Å². The molecule has 2 aliphatic rings. The van der Waals surface area contributed by atoms with Gasteiger partial charge in [0.05, 0.1) is 0 Å². The summed E-state index contributed by atoms with van der Waals surface area (Å²) >= 11 is 0. The molecule has 2 fully saturated rings. The normalized spacial score (nSPS) is 24.5. The lowest BCUT2D eigenvalue weighted by Crippen LogP contribution is -2.28. The molecule has 1 atom stereocenters. The minimum Gasteiger partial charge on any atom is -0.376 e. The van der Waals surface area contributed by atoms with Crippen molar-refractivity contribution >= 4 is 5.69 Å². The molecule has 0 aromatic heterocycles. The van der Waals surface area contributed by atoms with Gasteiger partial charge in [0.15, 0.2) is 11.6 Å². The summed E-state index contributed by atoms with van der Waals surface area (Å²) in [6.07, 6.45) is 3.32. The van der Waals surface area contributed by atoms with E-state index in [4.69, 9.17) is 0 Å². The fourth-order valence-corrected chi connectivity index (χ4v) is 2.56. The van der Waals surface area contributed by atoms with Crippen LogP contribution in [0.15, 0.2) is 12.1 Å². The molecule has 0 bridgehead atoms. The third-order valence-electron chi connectivity index (χ3n) is 3.64. The standard InChI is InChI=1S/C13H15F3N2/c14-8-5-11(15)13(12(16)6-8)17-9-3-4-18(7-9)10-1-2-10/h5-6,9-10,17H,1-4,7H2. The van der Waals surface area contributed by atoms with E-state index in [1.807, 2.05) is 0 Å². The number of halogens is 3. The molecule has 2 nitrogen and oxygen atoms in total. The Morgan fingerprint density at radius 1 is 1.06 bits per heavy atom. The number of hydrogen-bond donors (Lipinski definition) is 1. The first-order valence-corrected chi connectivity index (χ1v) is 6.28. The quantitative estimate of drug-likeness (QED) is 0.894. The lowest BCUT2D eigenvalue weighted by molar-refractivity contribution is 0.326. The molecule has 5 heteroatoms. The number of likely N-dealkylation sites (tertiary alicyclic amines) is 1. The van der Waals surface area contributed by atoms with E-state index in [9.17, 15) is 13.2 Å². The third-order valence-corrected chi connectivity index (χ3v) is 3.64. The van der Waals surface area contributed by atoms with Crippen LogP contribution in [0.3, 0.4) is 0 Å². The van der Waals surface area contributed by atoms with E-state index < -0.39 is 17.5 Å². The first-order chi connectivity index (χ1) is 8.63. The molecule has 1 unspecified atom stereocenters. The maximum Gasteiger partial charge on any atom is 0.152 e. The molecule has 1 saturated carbocycles. The van der Waals surface area contributed by atoms with Gasteiger partial charge in [0, 0.05) is 37.3 Å². The summed E-state index contributed by atoms with van der Waals surface area (Å²) in [6, 6.07) is 2.12. The van der Waals surface area contributed by atoms with E-state index in [1.165, 1.54) is 12.8 Å². The maximum atomic E-state index is 13.5. The van der Waals surface area contributed by atoms with Crippen molar-refractivity contribution in [1.29, 1.82) is 0 Å². The van der Waals surface area contributed by atoms with Crippen LogP contribution < -0.4 is 5.32 Å². The van der Waals surface area contributed by atoms with E-state index in [-0.39, 0.29) is 11.7 Å². The van der Waals surface area contributed by atoms with Crippen LogP contribution >= 0.6 is 0 Å². The van der Waals surface area contributed by atoms with Crippen LogP contribution in [0.1, 0.15) is 19.3 Å². The molecule has 1 N–H and O–H groups in total. The van der Waals surface area contributed by atoms with Crippen LogP contribution in [0.4, 0.5) is 18.9 Å². The maximum absolute atomic E-state index is 13.5. The summed E-state index contributed by atoms with van der Waals surface area (Å²) in [5.41, 5.74) is -0.209. The molecule has 0 spiro atoms. The second-order valence-electron chi connectivity index (χ2n) is 5.10. The van der Waals surface area contributed by atoms with Crippen molar-refractivity contribution in [2.45, 2.75) is 31.3 Å². The fraction of sp³-hybridized carbons (Fsp3) is 0.538. The van der Waals surface area contributed by atoms with Gasteiger partial charge in [-0.3, -0.25) is 4.90 Å². The van der Waals surface area contributed by atoms with Gasteiger partial charge in [-0.05, 0) is 19.3 Å². The fourth-order valence-electron chi connectivity index (χ4n) is 2.56. The average molecular weight is 256 g/mol. The molecule has 1 aromatic rings. The molecule has 3 rings (SSSR count). The van der Waals surface area contributed by atoms with Gasteiger partial charge >= 0.3 is 0 Å². The monoisotopic (exact) mass is 256 g/mol. The van der Waals surface area contributed by atoms with Gasteiger partial charge < -0.3 is 5.32 Å². The minimum atomic E-state index is -0.887. The van der Waals surface area contributed by atoms with E-state index >= 15 is 0 Å². The molecule has 98 valence electrons. The lowest BCUT2D eigenvalue weighted by atomic mass is 10.2. The topological polar surface area (TPSA) is 15.3 Å². The Labute approximate surface area is 104 Å². The Morgan fingerprint density at radius 3 is 2.33 bits per heavy atom. The third kappa shape index (κ3) is 2.32. The van der Waals surface area contributed by atoms with Crippen molar-refractivity contribution in [2.75, 3.05) is 18.4 Å². The second kappa shape index (κ2) is 4.46. The molecule has 1 aromatic carbocycles. The molecule has 0 radical (unpaired) electrons. The van der Waals surface area contributed by atoms with Crippen LogP contribution in [0, 0.1) is 17.5 Å². The predicted octanol–water partition coefficient (Wildman–Crippen LogP) is 2.75. The molecule has 1 aliphatic carbocycles. The number of anilines is 1. The lowest BCUT2D eigenvalue weighted by Gasteiger charge is -2.17. The zero-order valence-electron chi connectivity index (χ0n) is 9.93. The Bertz CT molecular complexity index is 437. The van der Waals surface area contributed by atoms with E-state index in [0.29, 0.717) is 18.2 Å².